The molecule has 4 rings (SSSR count). The van der Waals surface area contributed by atoms with Gasteiger partial charge in [0.1, 0.15) is 11.7 Å². The van der Waals surface area contributed by atoms with E-state index >= 15 is 0 Å². The minimum atomic E-state index is -0.852. The highest BCUT2D eigenvalue weighted by Crippen LogP contribution is 2.36. The summed E-state index contributed by atoms with van der Waals surface area (Å²) >= 11 is 0. The van der Waals surface area contributed by atoms with E-state index in [1.165, 1.54) is 12.1 Å². The highest BCUT2D eigenvalue weighted by atomic mass is 19.1. The molecule has 0 radical (unpaired) electrons. The molecule has 3 aromatic carbocycles. The molecule has 7 heteroatoms. The van der Waals surface area contributed by atoms with Gasteiger partial charge < -0.3 is 15.7 Å². The van der Waals surface area contributed by atoms with Gasteiger partial charge in [-0.2, -0.15) is 0 Å². The summed E-state index contributed by atoms with van der Waals surface area (Å²) in [5.74, 6) is -2.23. The number of aryl methyl sites for hydroxylation is 1. The van der Waals surface area contributed by atoms with Crippen LogP contribution in [0.3, 0.4) is 0 Å². The van der Waals surface area contributed by atoms with Gasteiger partial charge in [0.25, 0.3) is 0 Å². The monoisotopic (exact) mass is 445 g/mol. The fourth-order valence-electron chi connectivity index (χ4n) is 3.93. The Labute approximate surface area is 191 Å². The Morgan fingerprint density at radius 1 is 1.06 bits per heavy atom. The Hall–Kier alpha value is -3.84. The Balaban J connectivity index is 1.75. The minimum Gasteiger partial charge on any atom is -0.481 e. The van der Waals surface area contributed by atoms with E-state index in [-0.39, 0.29) is 12.3 Å². The van der Waals surface area contributed by atoms with E-state index in [9.17, 15) is 14.0 Å². The van der Waals surface area contributed by atoms with Gasteiger partial charge in [-0.25, -0.2) is 4.39 Å². The number of rotatable bonds is 8. The van der Waals surface area contributed by atoms with Crippen LogP contribution < -0.4 is 10.6 Å². The quantitative estimate of drug-likeness (QED) is 0.448. The third-order valence-corrected chi connectivity index (χ3v) is 5.56. The first-order valence-corrected chi connectivity index (χ1v) is 10.7. The fraction of sp³-hybridized carbons (Fsp3) is 0.192. The number of hydrogen-bond donors (Lipinski definition) is 3. The number of carbonyl (C=O) groups excluding carboxylic acids is 1. The zero-order valence-electron chi connectivity index (χ0n) is 18.1. The van der Waals surface area contributed by atoms with Gasteiger partial charge in [-0.1, -0.05) is 42.5 Å². The summed E-state index contributed by atoms with van der Waals surface area (Å²) in [6.07, 6.45) is 0.463. The van der Waals surface area contributed by atoms with Gasteiger partial charge in [0.15, 0.2) is 0 Å². The lowest BCUT2D eigenvalue weighted by atomic mass is 9.90. The Morgan fingerprint density at radius 2 is 1.76 bits per heavy atom. The van der Waals surface area contributed by atoms with Crippen molar-refractivity contribution >= 4 is 29.0 Å². The molecule has 1 amide bonds. The normalized spacial score (nSPS) is 15.3. The lowest BCUT2D eigenvalue weighted by molar-refractivity contribution is -0.137. The molecule has 1 atom stereocenters. The first-order valence-electron chi connectivity index (χ1n) is 10.7. The van der Waals surface area contributed by atoms with Crippen molar-refractivity contribution in [1.29, 1.82) is 0 Å². The molecule has 0 aromatic heterocycles. The van der Waals surface area contributed by atoms with Crippen molar-refractivity contribution < 1.29 is 19.1 Å². The Morgan fingerprint density at radius 3 is 2.42 bits per heavy atom. The first kappa shape index (κ1) is 22.4. The van der Waals surface area contributed by atoms with E-state index in [0.29, 0.717) is 29.1 Å². The fourth-order valence-corrected chi connectivity index (χ4v) is 3.93. The number of aliphatic imine (C=N–C) groups is 1. The highest BCUT2D eigenvalue weighted by Gasteiger charge is 2.35. The molecule has 1 unspecified atom stereocenters. The number of anilines is 1. The molecule has 3 aromatic rings. The molecule has 0 bridgehead atoms. The summed E-state index contributed by atoms with van der Waals surface area (Å²) in [7, 11) is 1.88. The van der Waals surface area contributed by atoms with Gasteiger partial charge in [0.05, 0.1) is 11.4 Å². The van der Waals surface area contributed by atoms with Crippen LogP contribution in [0.4, 0.5) is 15.8 Å². The van der Waals surface area contributed by atoms with Crippen LogP contribution in [0, 0.1) is 5.82 Å². The Bertz CT molecular complexity index is 1200. The topological polar surface area (TPSA) is 90.8 Å². The SMILES string of the molecule is CNCc1ccc(N=C(c2ccc(CCC(=O)O)cc2)C2C(=O)Nc3cc(F)ccc32)cc1. The maximum absolute atomic E-state index is 13.7. The van der Waals surface area contributed by atoms with Crippen LogP contribution in [0.15, 0.2) is 71.7 Å². The Kier molecular flexibility index (Phi) is 6.60. The molecule has 6 nitrogen and oxygen atoms in total. The number of fused-ring (bicyclic) bond motifs is 1. The molecule has 1 aliphatic heterocycles. The van der Waals surface area contributed by atoms with Crippen LogP contribution in [0.2, 0.25) is 0 Å². The van der Waals surface area contributed by atoms with Crippen LogP contribution in [-0.2, 0) is 22.6 Å². The molecule has 0 fully saturated rings. The third kappa shape index (κ3) is 5.15. The van der Waals surface area contributed by atoms with Gasteiger partial charge in [-0.05, 0) is 60.0 Å². The van der Waals surface area contributed by atoms with Crippen molar-refractivity contribution in [3.63, 3.8) is 0 Å². The maximum Gasteiger partial charge on any atom is 0.303 e. The highest BCUT2D eigenvalue weighted by molar-refractivity contribution is 6.24. The first-order chi connectivity index (χ1) is 15.9. The number of amides is 1. The second-order valence-corrected chi connectivity index (χ2v) is 7.94. The van der Waals surface area contributed by atoms with Crippen LogP contribution in [0.25, 0.3) is 0 Å². The van der Waals surface area contributed by atoms with Crippen molar-refractivity contribution in [2.24, 2.45) is 4.99 Å². The lowest BCUT2D eigenvalue weighted by Gasteiger charge is -2.15. The number of carboxylic acid groups (broad SMARTS) is 1. The standard InChI is InChI=1S/C26H24FN3O3/c1-28-15-17-4-10-20(11-5-17)29-25(18-7-2-16(3-8-18)6-13-23(31)32)24-21-12-9-19(27)14-22(21)30-26(24)33/h2-5,7-12,14,24,28H,6,13,15H2,1H3,(H,30,33)(H,31,32). The van der Waals surface area contributed by atoms with Gasteiger partial charge in [0, 0.05) is 18.7 Å². The molecule has 0 saturated heterocycles. The van der Waals surface area contributed by atoms with E-state index in [4.69, 9.17) is 10.1 Å². The smallest absolute Gasteiger partial charge is 0.303 e. The van der Waals surface area contributed by atoms with Crippen molar-refractivity contribution in [3.05, 3.63) is 94.8 Å². The van der Waals surface area contributed by atoms with E-state index < -0.39 is 17.7 Å². The summed E-state index contributed by atoms with van der Waals surface area (Å²) in [5, 5.41) is 14.8. The number of hydrogen-bond acceptors (Lipinski definition) is 4. The zero-order chi connectivity index (χ0) is 23.4. The zero-order valence-corrected chi connectivity index (χ0v) is 18.1. The van der Waals surface area contributed by atoms with E-state index in [1.807, 2.05) is 55.6 Å². The minimum absolute atomic E-state index is 0.0449. The van der Waals surface area contributed by atoms with Gasteiger partial charge >= 0.3 is 5.97 Å². The van der Waals surface area contributed by atoms with Crippen molar-refractivity contribution in [3.8, 4) is 0 Å². The largest absolute Gasteiger partial charge is 0.481 e. The van der Waals surface area contributed by atoms with Gasteiger partial charge in [-0.15, -0.1) is 0 Å². The summed E-state index contributed by atoms with van der Waals surface area (Å²) in [6, 6.07) is 19.4. The number of aliphatic carboxylic acids is 1. The average Bonchev–Trinajstić information content (AvgIpc) is 3.12. The number of carboxylic acids is 1. The lowest BCUT2D eigenvalue weighted by Crippen LogP contribution is -2.22. The molecule has 0 aliphatic carbocycles. The molecular formula is C26H24FN3O3. The van der Waals surface area contributed by atoms with Crippen LogP contribution in [-0.4, -0.2) is 29.7 Å². The molecule has 168 valence electrons. The number of benzene rings is 3. The van der Waals surface area contributed by atoms with E-state index in [0.717, 1.165) is 23.2 Å². The molecular weight excluding hydrogens is 421 g/mol. The summed E-state index contributed by atoms with van der Waals surface area (Å²) in [4.78, 5) is 28.7. The van der Waals surface area contributed by atoms with Crippen LogP contribution in [0.5, 0.6) is 0 Å². The average molecular weight is 445 g/mol. The molecule has 0 saturated carbocycles. The van der Waals surface area contributed by atoms with Crippen molar-refractivity contribution in [1.82, 2.24) is 5.32 Å². The summed E-state index contributed by atoms with van der Waals surface area (Å²) in [6.45, 7) is 0.735. The second-order valence-electron chi connectivity index (χ2n) is 7.94. The second kappa shape index (κ2) is 9.75. The molecule has 33 heavy (non-hydrogen) atoms. The predicted octanol–water partition coefficient (Wildman–Crippen LogP) is 4.42. The number of nitrogens with zero attached hydrogens (tertiary/aromatic N) is 1. The maximum atomic E-state index is 13.7. The third-order valence-electron chi connectivity index (χ3n) is 5.56. The molecule has 3 N–H and O–H groups in total. The van der Waals surface area contributed by atoms with E-state index in [2.05, 4.69) is 10.6 Å². The molecule has 1 aliphatic rings. The van der Waals surface area contributed by atoms with Gasteiger partial charge in [-0.3, -0.25) is 14.6 Å². The van der Waals surface area contributed by atoms with Crippen LogP contribution >= 0.6 is 0 Å². The summed E-state index contributed by atoms with van der Waals surface area (Å²) < 4.78 is 13.7. The van der Waals surface area contributed by atoms with Gasteiger partial charge in [0.2, 0.25) is 5.91 Å². The van der Waals surface area contributed by atoms with E-state index in [1.54, 1.807) is 6.07 Å². The number of halogens is 1. The predicted molar refractivity (Wildman–Crippen MR) is 126 cm³/mol. The molecule has 0 spiro atoms. The number of nitrogens with one attached hydrogen (secondary N) is 2. The molecule has 1 heterocycles. The van der Waals surface area contributed by atoms with Crippen LogP contribution in [0.1, 0.15) is 34.6 Å². The van der Waals surface area contributed by atoms with Crippen molar-refractivity contribution in [2.45, 2.75) is 25.3 Å². The number of carbonyl (C=O) groups is 2. The van der Waals surface area contributed by atoms with Crippen molar-refractivity contribution in [2.75, 3.05) is 12.4 Å². The summed E-state index contributed by atoms with van der Waals surface area (Å²) in [5.41, 5.74) is 5.09.